The molecule has 1 aromatic rings. The van der Waals surface area contributed by atoms with E-state index in [0.717, 1.165) is 0 Å². The van der Waals surface area contributed by atoms with Gasteiger partial charge in [-0.25, -0.2) is 9.78 Å². The van der Waals surface area contributed by atoms with E-state index in [4.69, 9.17) is 24.7 Å². The minimum Gasteiger partial charge on any atom is -0.475 e. The quantitative estimate of drug-likeness (QED) is 0.623. The van der Waals surface area contributed by atoms with Gasteiger partial charge < -0.3 is 30.0 Å². The third kappa shape index (κ3) is 10.6. The SMILES string of the molecule is CC(C)(C)OC(=O)NCCOCCOCCOc1ccc(N)cn1. The van der Waals surface area contributed by atoms with Crippen LogP contribution < -0.4 is 15.8 Å². The van der Waals surface area contributed by atoms with Gasteiger partial charge in [0.05, 0.1) is 38.3 Å². The van der Waals surface area contributed by atoms with Gasteiger partial charge in [-0.15, -0.1) is 0 Å². The van der Waals surface area contributed by atoms with Gasteiger partial charge in [0.1, 0.15) is 12.2 Å². The maximum atomic E-state index is 11.4. The lowest BCUT2D eigenvalue weighted by Gasteiger charge is -2.19. The number of nitrogen functional groups attached to an aromatic ring is 1. The van der Waals surface area contributed by atoms with Crippen molar-refractivity contribution >= 4 is 11.8 Å². The number of nitrogens with two attached hydrogens (primary N) is 1. The maximum Gasteiger partial charge on any atom is 0.407 e. The summed E-state index contributed by atoms with van der Waals surface area (Å²) in [7, 11) is 0. The van der Waals surface area contributed by atoms with E-state index in [0.29, 0.717) is 51.1 Å². The Morgan fingerprint density at radius 1 is 1.12 bits per heavy atom. The van der Waals surface area contributed by atoms with Gasteiger partial charge in [-0.1, -0.05) is 0 Å². The number of hydrogen-bond acceptors (Lipinski definition) is 7. The van der Waals surface area contributed by atoms with Crippen molar-refractivity contribution in [3.05, 3.63) is 18.3 Å². The summed E-state index contributed by atoms with van der Waals surface area (Å²) in [6, 6.07) is 3.43. The smallest absolute Gasteiger partial charge is 0.407 e. The lowest BCUT2D eigenvalue weighted by Crippen LogP contribution is -2.34. The molecule has 1 heterocycles. The van der Waals surface area contributed by atoms with E-state index in [9.17, 15) is 4.79 Å². The molecular weight excluding hydrogens is 314 g/mol. The zero-order chi connectivity index (χ0) is 17.8. The Hall–Kier alpha value is -2.06. The first-order valence-electron chi connectivity index (χ1n) is 7.83. The minimum atomic E-state index is -0.497. The fourth-order valence-electron chi connectivity index (χ4n) is 1.54. The van der Waals surface area contributed by atoms with Crippen LogP contribution in [0.5, 0.6) is 5.88 Å². The average molecular weight is 341 g/mol. The van der Waals surface area contributed by atoms with E-state index in [1.807, 2.05) is 20.8 Å². The van der Waals surface area contributed by atoms with Crippen molar-refractivity contribution in [2.24, 2.45) is 0 Å². The molecule has 3 N–H and O–H groups in total. The summed E-state index contributed by atoms with van der Waals surface area (Å²) in [5.41, 5.74) is 5.62. The summed E-state index contributed by atoms with van der Waals surface area (Å²) in [6.45, 7) is 7.95. The molecule has 0 saturated heterocycles. The van der Waals surface area contributed by atoms with Crippen molar-refractivity contribution in [1.82, 2.24) is 10.3 Å². The molecule has 0 bridgehead atoms. The molecular formula is C16H27N3O5. The third-order valence-corrected chi connectivity index (χ3v) is 2.52. The van der Waals surface area contributed by atoms with Crippen LogP contribution in [0.1, 0.15) is 20.8 Å². The second-order valence-corrected chi connectivity index (χ2v) is 5.93. The first-order valence-corrected chi connectivity index (χ1v) is 7.83. The highest BCUT2D eigenvalue weighted by atomic mass is 16.6. The van der Waals surface area contributed by atoms with Gasteiger partial charge in [0.15, 0.2) is 0 Å². The Morgan fingerprint density at radius 3 is 2.42 bits per heavy atom. The number of carbonyl (C=O) groups is 1. The number of aromatic nitrogens is 1. The van der Waals surface area contributed by atoms with Crippen LogP contribution in [0.15, 0.2) is 18.3 Å². The number of pyridine rings is 1. The van der Waals surface area contributed by atoms with Crippen LogP contribution in [-0.2, 0) is 14.2 Å². The largest absolute Gasteiger partial charge is 0.475 e. The number of nitrogens with zero attached hydrogens (tertiary/aromatic N) is 1. The van der Waals surface area contributed by atoms with E-state index in [-0.39, 0.29) is 0 Å². The highest BCUT2D eigenvalue weighted by Gasteiger charge is 2.15. The van der Waals surface area contributed by atoms with Gasteiger partial charge in [0.2, 0.25) is 5.88 Å². The second kappa shape index (κ2) is 10.7. The highest BCUT2D eigenvalue weighted by molar-refractivity contribution is 5.67. The molecule has 1 rings (SSSR count). The molecule has 24 heavy (non-hydrogen) atoms. The number of hydrogen-bond donors (Lipinski definition) is 2. The number of carbonyl (C=O) groups excluding carboxylic acids is 1. The molecule has 1 amide bonds. The minimum absolute atomic E-state index is 0.390. The standard InChI is InChI=1S/C16H27N3O5/c1-16(2,3)24-15(20)18-6-7-21-8-9-22-10-11-23-14-5-4-13(17)12-19-14/h4-5,12H,6-11,17H2,1-3H3,(H,18,20). The molecule has 0 saturated carbocycles. The van der Waals surface area contributed by atoms with Gasteiger partial charge in [-0.3, -0.25) is 0 Å². The van der Waals surface area contributed by atoms with Crippen LogP contribution >= 0.6 is 0 Å². The van der Waals surface area contributed by atoms with Crippen molar-refractivity contribution in [1.29, 1.82) is 0 Å². The van der Waals surface area contributed by atoms with Crippen molar-refractivity contribution in [2.45, 2.75) is 26.4 Å². The fraction of sp³-hybridized carbons (Fsp3) is 0.625. The van der Waals surface area contributed by atoms with Gasteiger partial charge in [0.25, 0.3) is 0 Å². The molecule has 0 unspecified atom stereocenters. The first-order chi connectivity index (χ1) is 11.4. The summed E-state index contributed by atoms with van der Waals surface area (Å²) in [5, 5.41) is 2.61. The molecule has 0 aliphatic heterocycles. The van der Waals surface area contributed by atoms with Crippen molar-refractivity contribution in [3.63, 3.8) is 0 Å². The molecule has 0 spiro atoms. The van der Waals surface area contributed by atoms with Gasteiger partial charge in [-0.2, -0.15) is 0 Å². The summed E-state index contributed by atoms with van der Waals surface area (Å²) >= 11 is 0. The summed E-state index contributed by atoms with van der Waals surface area (Å²) in [5.74, 6) is 0.511. The molecule has 0 aliphatic rings. The number of ether oxygens (including phenoxy) is 4. The molecule has 0 fully saturated rings. The molecule has 0 aromatic carbocycles. The van der Waals surface area contributed by atoms with Crippen LogP contribution in [0, 0.1) is 0 Å². The van der Waals surface area contributed by atoms with Crippen LogP contribution in [0.25, 0.3) is 0 Å². The topological polar surface area (TPSA) is 105 Å². The predicted molar refractivity (Wildman–Crippen MR) is 90.0 cm³/mol. The van der Waals surface area contributed by atoms with Crippen LogP contribution in [0.3, 0.4) is 0 Å². The zero-order valence-electron chi connectivity index (χ0n) is 14.5. The lowest BCUT2D eigenvalue weighted by molar-refractivity contribution is 0.0324. The van der Waals surface area contributed by atoms with Crippen molar-refractivity contribution < 1.29 is 23.7 Å². The van der Waals surface area contributed by atoms with Crippen LogP contribution in [-0.4, -0.2) is 56.3 Å². The molecule has 8 heteroatoms. The molecule has 1 aromatic heterocycles. The van der Waals surface area contributed by atoms with Gasteiger partial charge in [-0.05, 0) is 26.8 Å². The van der Waals surface area contributed by atoms with E-state index < -0.39 is 11.7 Å². The molecule has 0 radical (unpaired) electrons. The van der Waals surface area contributed by atoms with E-state index >= 15 is 0 Å². The number of anilines is 1. The number of alkyl carbamates (subject to hydrolysis) is 1. The van der Waals surface area contributed by atoms with Crippen LogP contribution in [0.2, 0.25) is 0 Å². The van der Waals surface area contributed by atoms with E-state index in [1.165, 1.54) is 6.20 Å². The molecule has 0 aliphatic carbocycles. The molecule has 0 atom stereocenters. The Bertz CT molecular complexity index is 474. The Morgan fingerprint density at radius 2 is 1.79 bits per heavy atom. The van der Waals surface area contributed by atoms with Crippen molar-refractivity contribution in [3.8, 4) is 5.88 Å². The van der Waals surface area contributed by atoms with Gasteiger partial charge in [0, 0.05) is 12.6 Å². The van der Waals surface area contributed by atoms with Crippen molar-refractivity contribution in [2.75, 3.05) is 45.3 Å². The predicted octanol–water partition coefficient (Wildman–Crippen LogP) is 1.60. The molecule has 136 valence electrons. The zero-order valence-corrected chi connectivity index (χ0v) is 14.5. The summed E-state index contributed by atoms with van der Waals surface area (Å²) in [6.07, 6.45) is 1.09. The Balaban J connectivity index is 1.88. The Labute approximate surface area is 142 Å². The second-order valence-electron chi connectivity index (χ2n) is 5.93. The Kier molecular flexibility index (Phi) is 8.88. The lowest BCUT2D eigenvalue weighted by atomic mass is 10.2. The molecule has 8 nitrogen and oxygen atoms in total. The number of amides is 1. The average Bonchev–Trinajstić information content (AvgIpc) is 2.49. The van der Waals surface area contributed by atoms with E-state index in [2.05, 4.69) is 10.3 Å². The highest BCUT2D eigenvalue weighted by Crippen LogP contribution is 2.08. The summed E-state index contributed by atoms with van der Waals surface area (Å²) < 4.78 is 21.2. The normalized spacial score (nSPS) is 11.1. The van der Waals surface area contributed by atoms with E-state index in [1.54, 1.807) is 12.1 Å². The third-order valence-electron chi connectivity index (χ3n) is 2.52. The van der Waals surface area contributed by atoms with Gasteiger partial charge >= 0.3 is 6.09 Å². The van der Waals surface area contributed by atoms with Crippen LogP contribution in [0.4, 0.5) is 10.5 Å². The first kappa shape index (κ1) is 20.0. The fourth-order valence-corrected chi connectivity index (χ4v) is 1.54. The number of nitrogens with one attached hydrogen (secondary N) is 1. The number of rotatable bonds is 10. The monoisotopic (exact) mass is 341 g/mol. The summed E-state index contributed by atoms with van der Waals surface area (Å²) in [4.78, 5) is 15.4. The maximum absolute atomic E-state index is 11.4.